The molecule has 0 bridgehead atoms. The highest BCUT2D eigenvalue weighted by atomic mass is 14.4. The molecule has 2 rings (SSSR count). The third-order valence-corrected chi connectivity index (χ3v) is 4.63. The molecule has 0 saturated heterocycles. The summed E-state index contributed by atoms with van der Waals surface area (Å²) in [6.07, 6.45) is 13.7. The molecule has 2 aliphatic rings. The van der Waals surface area contributed by atoms with Crippen molar-refractivity contribution in [2.75, 3.05) is 0 Å². The van der Waals surface area contributed by atoms with Gasteiger partial charge in [-0.3, -0.25) is 0 Å². The van der Waals surface area contributed by atoms with Crippen molar-refractivity contribution in [2.24, 2.45) is 23.2 Å². The van der Waals surface area contributed by atoms with Gasteiger partial charge in [0.15, 0.2) is 0 Å². The highest BCUT2D eigenvalue weighted by Gasteiger charge is 2.33. The third-order valence-electron chi connectivity index (χ3n) is 4.63. The van der Waals surface area contributed by atoms with Gasteiger partial charge in [-0.15, -0.1) is 0 Å². The Morgan fingerprint density at radius 2 is 1.44 bits per heavy atom. The Labute approximate surface area is 102 Å². The van der Waals surface area contributed by atoms with E-state index in [1.807, 2.05) is 0 Å². The molecule has 2 fully saturated rings. The van der Waals surface area contributed by atoms with Crippen molar-refractivity contribution in [3.05, 3.63) is 0 Å². The van der Waals surface area contributed by atoms with E-state index in [0.29, 0.717) is 5.41 Å². The Morgan fingerprint density at radius 3 is 2.00 bits per heavy atom. The second kappa shape index (κ2) is 5.10. The summed E-state index contributed by atoms with van der Waals surface area (Å²) < 4.78 is 0. The van der Waals surface area contributed by atoms with Gasteiger partial charge in [0.25, 0.3) is 0 Å². The molecule has 0 spiro atoms. The van der Waals surface area contributed by atoms with E-state index in [9.17, 15) is 0 Å². The van der Waals surface area contributed by atoms with E-state index in [0.717, 1.165) is 17.8 Å². The smallest absolute Gasteiger partial charge is 0.0380 e. The first kappa shape index (κ1) is 12.5. The van der Waals surface area contributed by atoms with Crippen LogP contribution in [-0.4, -0.2) is 0 Å². The van der Waals surface area contributed by atoms with Gasteiger partial charge in [0.05, 0.1) is 0 Å². The molecular formula is C16H30. The zero-order chi connectivity index (χ0) is 11.6. The molecule has 16 heavy (non-hydrogen) atoms. The molecule has 0 aromatic carbocycles. The van der Waals surface area contributed by atoms with Gasteiger partial charge in [-0.05, 0) is 48.9 Å². The Morgan fingerprint density at radius 1 is 0.812 bits per heavy atom. The maximum Gasteiger partial charge on any atom is -0.0380 e. The third kappa shape index (κ3) is 3.79. The molecule has 0 amide bonds. The number of hydrogen-bond acceptors (Lipinski definition) is 0. The Kier molecular flexibility index (Phi) is 3.97. The average Bonchev–Trinajstić information content (AvgIpc) is 2.14. The van der Waals surface area contributed by atoms with Gasteiger partial charge in [0, 0.05) is 0 Å². The molecule has 0 nitrogen and oxygen atoms in total. The van der Waals surface area contributed by atoms with Crippen LogP contribution in [0.1, 0.15) is 78.6 Å². The molecule has 0 heteroatoms. The molecule has 94 valence electrons. The zero-order valence-electron chi connectivity index (χ0n) is 11.6. The van der Waals surface area contributed by atoms with Crippen LogP contribution in [0.4, 0.5) is 0 Å². The minimum atomic E-state index is 0.556. The maximum absolute atomic E-state index is 2.39. The second-order valence-corrected chi connectivity index (χ2v) is 7.71. The first-order valence-corrected chi connectivity index (χ1v) is 7.53. The lowest BCUT2D eigenvalue weighted by atomic mass is 9.65. The molecule has 0 aromatic heterocycles. The van der Waals surface area contributed by atoms with Crippen molar-refractivity contribution in [1.29, 1.82) is 0 Å². The molecule has 0 unspecified atom stereocenters. The Bertz CT molecular complexity index is 199. The van der Waals surface area contributed by atoms with Crippen molar-refractivity contribution >= 4 is 0 Å². The van der Waals surface area contributed by atoms with Crippen molar-refractivity contribution < 1.29 is 0 Å². The molecule has 2 aliphatic carbocycles. The average molecular weight is 222 g/mol. The van der Waals surface area contributed by atoms with E-state index in [2.05, 4.69) is 20.8 Å². The van der Waals surface area contributed by atoms with Gasteiger partial charge in [-0.1, -0.05) is 52.9 Å². The SMILES string of the molecule is CC(C)(C)CC1CC(CC2CCCCC2)C1. The molecule has 0 radical (unpaired) electrons. The van der Waals surface area contributed by atoms with Gasteiger partial charge in [-0.2, -0.15) is 0 Å². The van der Waals surface area contributed by atoms with Crippen LogP contribution in [0.2, 0.25) is 0 Å². The van der Waals surface area contributed by atoms with E-state index in [-0.39, 0.29) is 0 Å². The summed E-state index contributed by atoms with van der Waals surface area (Å²) in [5, 5.41) is 0. The first-order valence-electron chi connectivity index (χ1n) is 7.53. The second-order valence-electron chi connectivity index (χ2n) is 7.71. The van der Waals surface area contributed by atoms with Crippen molar-refractivity contribution in [1.82, 2.24) is 0 Å². The van der Waals surface area contributed by atoms with E-state index in [1.165, 1.54) is 25.7 Å². The lowest BCUT2D eigenvalue weighted by molar-refractivity contribution is 0.106. The number of rotatable bonds is 3. The topological polar surface area (TPSA) is 0 Å². The summed E-state index contributed by atoms with van der Waals surface area (Å²) in [6, 6.07) is 0. The molecule has 2 saturated carbocycles. The standard InChI is InChI=1S/C16H30/c1-16(2,3)12-15-10-14(11-15)9-13-7-5-4-6-8-13/h13-15H,4-12H2,1-3H3. The normalized spacial score (nSPS) is 32.4. The summed E-state index contributed by atoms with van der Waals surface area (Å²) in [7, 11) is 0. The fraction of sp³-hybridized carbons (Fsp3) is 1.00. The molecular weight excluding hydrogens is 192 g/mol. The number of hydrogen-bond donors (Lipinski definition) is 0. The van der Waals surface area contributed by atoms with Gasteiger partial charge in [0.2, 0.25) is 0 Å². The highest BCUT2D eigenvalue weighted by Crippen LogP contribution is 2.45. The lowest BCUT2D eigenvalue weighted by Gasteiger charge is -2.41. The summed E-state index contributed by atoms with van der Waals surface area (Å²) in [5.41, 5.74) is 0.556. The van der Waals surface area contributed by atoms with Crippen LogP contribution in [0, 0.1) is 23.2 Å². The van der Waals surface area contributed by atoms with Crippen molar-refractivity contribution in [3.63, 3.8) is 0 Å². The minimum absolute atomic E-state index is 0.556. The van der Waals surface area contributed by atoms with Crippen LogP contribution in [0.5, 0.6) is 0 Å². The van der Waals surface area contributed by atoms with Crippen molar-refractivity contribution in [2.45, 2.75) is 78.6 Å². The summed E-state index contributed by atoms with van der Waals surface area (Å²) >= 11 is 0. The van der Waals surface area contributed by atoms with Crippen LogP contribution in [-0.2, 0) is 0 Å². The molecule has 0 N–H and O–H groups in total. The Hall–Kier alpha value is 0. The van der Waals surface area contributed by atoms with Gasteiger partial charge in [-0.25, -0.2) is 0 Å². The fourth-order valence-corrected chi connectivity index (χ4v) is 3.99. The zero-order valence-corrected chi connectivity index (χ0v) is 11.6. The predicted molar refractivity (Wildman–Crippen MR) is 71.5 cm³/mol. The molecule has 0 aliphatic heterocycles. The lowest BCUT2D eigenvalue weighted by Crippen LogP contribution is -2.29. The van der Waals surface area contributed by atoms with E-state index in [1.54, 1.807) is 32.1 Å². The fourth-order valence-electron chi connectivity index (χ4n) is 3.99. The Balaban J connectivity index is 1.61. The van der Waals surface area contributed by atoms with Crippen molar-refractivity contribution in [3.8, 4) is 0 Å². The maximum atomic E-state index is 2.39. The van der Waals surface area contributed by atoms with Gasteiger partial charge >= 0.3 is 0 Å². The summed E-state index contributed by atoms with van der Waals surface area (Å²) in [4.78, 5) is 0. The molecule has 0 aromatic rings. The van der Waals surface area contributed by atoms with Crippen LogP contribution in [0.3, 0.4) is 0 Å². The molecule has 0 atom stereocenters. The monoisotopic (exact) mass is 222 g/mol. The van der Waals surface area contributed by atoms with Crippen LogP contribution >= 0.6 is 0 Å². The first-order chi connectivity index (χ1) is 7.53. The van der Waals surface area contributed by atoms with E-state index in [4.69, 9.17) is 0 Å². The summed E-state index contributed by atoms with van der Waals surface area (Å²) in [5.74, 6) is 3.28. The minimum Gasteiger partial charge on any atom is -0.0602 e. The van der Waals surface area contributed by atoms with Crippen LogP contribution in [0.15, 0.2) is 0 Å². The van der Waals surface area contributed by atoms with Gasteiger partial charge in [0.1, 0.15) is 0 Å². The van der Waals surface area contributed by atoms with Crippen LogP contribution in [0.25, 0.3) is 0 Å². The highest BCUT2D eigenvalue weighted by molar-refractivity contribution is 4.84. The van der Waals surface area contributed by atoms with E-state index < -0.39 is 0 Å². The van der Waals surface area contributed by atoms with Gasteiger partial charge < -0.3 is 0 Å². The van der Waals surface area contributed by atoms with Crippen LogP contribution < -0.4 is 0 Å². The summed E-state index contributed by atoms with van der Waals surface area (Å²) in [6.45, 7) is 7.17. The molecule has 0 heterocycles. The van der Waals surface area contributed by atoms with E-state index >= 15 is 0 Å². The largest absolute Gasteiger partial charge is 0.0602 e. The predicted octanol–water partition coefficient (Wildman–Crippen LogP) is 5.42. The quantitative estimate of drug-likeness (QED) is 0.598.